The summed E-state index contributed by atoms with van der Waals surface area (Å²) in [5.74, 6) is -0.243. The largest absolute Gasteiger partial charge is 0.346 e. The molecule has 1 aromatic carbocycles. The predicted octanol–water partition coefficient (Wildman–Crippen LogP) is 3.73. The average Bonchev–Trinajstić information content (AvgIpc) is 3.14. The van der Waals surface area contributed by atoms with Gasteiger partial charge in [-0.15, -0.1) is 0 Å². The number of nitrogens with zero attached hydrogens (tertiary/aromatic N) is 2. The first-order chi connectivity index (χ1) is 12.0. The standard InChI is InChI=1S/C17H19N3O2S.C2H6/c1-4-15(18-3)11-19-17(21)14-9-10-20(12-14)23(22)16-7-5-13(2)6-8-16;1-2/h4-10,12H,3,11H2,1-2H3,(H,19,21);1-2H3/b15-4-;. The number of aryl methyl sites for hydroxylation is 1. The van der Waals surface area contributed by atoms with Crippen LogP contribution in [0, 0.1) is 6.92 Å². The number of carbonyl (C=O) groups excluding carboxylic acids is 1. The van der Waals surface area contributed by atoms with Crippen LogP contribution in [0.2, 0.25) is 0 Å². The minimum absolute atomic E-state index is 0.243. The van der Waals surface area contributed by atoms with E-state index in [-0.39, 0.29) is 5.91 Å². The van der Waals surface area contributed by atoms with Crippen LogP contribution in [0.5, 0.6) is 0 Å². The Morgan fingerprint density at radius 1 is 1.28 bits per heavy atom. The number of hydrogen-bond donors (Lipinski definition) is 1. The third-order valence-electron chi connectivity index (χ3n) is 3.31. The van der Waals surface area contributed by atoms with Crippen molar-refractivity contribution in [1.82, 2.24) is 9.29 Å². The zero-order valence-corrected chi connectivity index (χ0v) is 16.0. The molecule has 1 N–H and O–H groups in total. The zero-order chi connectivity index (χ0) is 18.8. The number of benzene rings is 1. The number of aliphatic imine (C=N–C) groups is 1. The van der Waals surface area contributed by atoms with Crippen LogP contribution in [0.3, 0.4) is 0 Å². The van der Waals surface area contributed by atoms with E-state index in [9.17, 15) is 9.00 Å². The van der Waals surface area contributed by atoms with Crippen LogP contribution < -0.4 is 5.32 Å². The molecule has 0 fully saturated rings. The van der Waals surface area contributed by atoms with E-state index in [1.807, 2.05) is 52.0 Å². The highest BCUT2D eigenvalue weighted by molar-refractivity contribution is 7.83. The van der Waals surface area contributed by atoms with Gasteiger partial charge in [0.25, 0.3) is 5.91 Å². The fourth-order valence-electron chi connectivity index (χ4n) is 1.91. The highest BCUT2D eigenvalue weighted by Gasteiger charge is 2.11. The SMILES string of the molecule is C=N/C(=C\C)CNC(=O)c1ccn(S(=O)c2ccc(C)cc2)c1.CC. The molecule has 0 bridgehead atoms. The van der Waals surface area contributed by atoms with E-state index < -0.39 is 11.0 Å². The molecule has 0 saturated carbocycles. The van der Waals surface area contributed by atoms with Crippen LogP contribution in [0.15, 0.2) is 64.4 Å². The molecule has 5 nitrogen and oxygen atoms in total. The minimum Gasteiger partial charge on any atom is -0.346 e. The van der Waals surface area contributed by atoms with Gasteiger partial charge < -0.3 is 5.32 Å². The third kappa shape index (κ3) is 5.83. The quantitative estimate of drug-likeness (QED) is 0.799. The number of nitrogens with one attached hydrogen (secondary N) is 1. The molecule has 1 amide bonds. The molecular weight excluding hydrogens is 334 g/mol. The van der Waals surface area contributed by atoms with E-state index >= 15 is 0 Å². The number of amides is 1. The Morgan fingerprint density at radius 3 is 2.48 bits per heavy atom. The number of allylic oxidation sites excluding steroid dienone is 1. The van der Waals surface area contributed by atoms with E-state index in [4.69, 9.17) is 0 Å². The molecule has 0 aliphatic heterocycles. The van der Waals surface area contributed by atoms with Crippen LogP contribution in [0.1, 0.15) is 36.7 Å². The normalized spacial score (nSPS) is 11.9. The third-order valence-corrected chi connectivity index (χ3v) is 4.60. The van der Waals surface area contributed by atoms with Gasteiger partial charge >= 0.3 is 0 Å². The van der Waals surface area contributed by atoms with Crippen molar-refractivity contribution in [2.45, 2.75) is 32.6 Å². The second-order valence-electron chi connectivity index (χ2n) is 4.94. The topological polar surface area (TPSA) is 63.5 Å². The minimum atomic E-state index is -1.37. The van der Waals surface area contributed by atoms with Crippen molar-refractivity contribution < 1.29 is 9.00 Å². The average molecular weight is 359 g/mol. The van der Waals surface area contributed by atoms with Crippen LogP contribution in [0.4, 0.5) is 0 Å². The molecule has 25 heavy (non-hydrogen) atoms. The van der Waals surface area contributed by atoms with E-state index in [1.165, 1.54) is 3.97 Å². The molecule has 2 aromatic rings. The fraction of sp³-hybridized carbons (Fsp3) is 0.263. The Bertz CT molecular complexity index is 761. The summed E-state index contributed by atoms with van der Waals surface area (Å²) < 4.78 is 14.0. The maximum absolute atomic E-state index is 12.5. The smallest absolute Gasteiger partial charge is 0.253 e. The molecule has 1 atom stereocenters. The van der Waals surface area contributed by atoms with Crippen molar-refractivity contribution >= 4 is 23.6 Å². The van der Waals surface area contributed by atoms with Gasteiger partial charge in [0.1, 0.15) is 0 Å². The lowest BCUT2D eigenvalue weighted by atomic mass is 10.2. The van der Waals surface area contributed by atoms with Gasteiger partial charge in [0.05, 0.1) is 22.7 Å². The molecule has 0 aliphatic rings. The van der Waals surface area contributed by atoms with Gasteiger partial charge in [-0.2, -0.15) is 0 Å². The van der Waals surface area contributed by atoms with E-state index in [0.29, 0.717) is 22.7 Å². The Kier molecular flexibility index (Phi) is 8.56. The van der Waals surface area contributed by atoms with Gasteiger partial charge in [0.15, 0.2) is 11.0 Å². The Hall–Kier alpha value is -2.47. The molecule has 0 radical (unpaired) electrons. The highest BCUT2D eigenvalue weighted by atomic mass is 32.2. The van der Waals surface area contributed by atoms with Crippen LogP contribution in [0.25, 0.3) is 0 Å². The fourth-order valence-corrected chi connectivity index (χ4v) is 2.91. The van der Waals surface area contributed by atoms with Crippen LogP contribution in [-0.4, -0.2) is 27.4 Å². The summed E-state index contributed by atoms with van der Waals surface area (Å²) in [4.78, 5) is 16.6. The summed E-state index contributed by atoms with van der Waals surface area (Å²) >= 11 is 0. The summed E-state index contributed by atoms with van der Waals surface area (Å²) in [7, 11) is -1.37. The van der Waals surface area contributed by atoms with Crippen molar-refractivity contribution in [1.29, 1.82) is 0 Å². The second kappa shape index (κ2) is 10.4. The zero-order valence-electron chi connectivity index (χ0n) is 15.2. The molecule has 134 valence electrons. The molecule has 6 heteroatoms. The summed E-state index contributed by atoms with van der Waals surface area (Å²) in [5.41, 5.74) is 2.25. The van der Waals surface area contributed by atoms with Crippen LogP contribution in [-0.2, 0) is 11.0 Å². The van der Waals surface area contributed by atoms with Gasteiger partial charge in [-0.05, 0) is 38.8 Å². The Labute approximate surface area is 152 Å². The van der Waals surface area contributed by atoms with Gasteiger partial charge in [0, 0.05) is 12.4 Å². The predicted molar refractivity (Wildman–Crippen MR) is 104 cm³/mol. The molecule has 1 aromatic heterocycles. The second-order valence-corrected chi connectivity index (χ2v) is 6.33. The van der Waals surface area contributed by atoms with Gasteiger partial charge in [-0.3, -0.25) is 13.8 Å². The van der Waals surface area contributed by atoms with Gasteiger partial charge in [0.2, 0.25) is 0 Å². The van der Waals surface area contributed by atoms with Crippen LogP contribution >= 0.6 is 0 Å². The lowest BCUT2D eigenvalue weighted by Crippen LogP contribution is -2.24. The maximum atomic E-state index is 12.5. The van der Waals surface area contributed by atoms with E-state index in [0.717, 1.165) is 5.56 Å². The molecule has 2 rings (SSSR count). The van der Waals surface area contributed by atoms with E-state index in [1.54, 1.807) is 24.5 Å². The summed E-state index contributed by atoms with van der Waals surface area (Å²) in [6, 6.07) is 9.09. The molecule has 0 saturated heterocycles. The first-order valence-electron chi connectivity index (χ1n) is 8.12. The van der Waals surface area contributed by atoms with Gasteiger partial charge in [-0.1, -0.05) is 37.6 Å². The number of hydrogen-bond acceptors (Lipinski definition) is 3. The van der Waals surface area contributed by atoms with Crippen molar-refractivity contribution in [3.63, 3.8) is 0 Å². The number of aromatic nitrogens is 1. The molecular formula is C19H25N3O2S. The molecule has 0 spiro atoms. The number of carbonyl (C=O) groups is 1. The summed E-state index contributed by atoms with van der Waals surface area (Å²) in [6.45, 7) is 11.6. The van der Waals surface area contributed by atoms with Crippen molar-refractivity contribution in [2.75, 3.05) is 6.54 Å². The van der Waals surface area contributed by atoms with Crippen molar-refractivity contribution in [3.05, 3.63) is 65.6 Å². The monoisotopic (exact) mass is 359 g/mol. The highest BCUT2D eigenvalue weighted by Crippen LogP contribution is 2.12. The van der Waals surface area contributed by atoms with Gasteiger partial charge in [-0.25, -0.2) is 4.21 Å². The Balaban J connectivity index is 0.00000151. The van der Waals surface area contributed by atoms with Crippen molar-refractivity contribution in [3.8, 4) is 0 Å². The van der Waals surface area contributed by atoms with E-state index in [2.05, 4.69) is 17.0 Å². The first kappa shape index (κ1) is 20.6. The molecule has 1 heterocycles. The summed E-state index contributed by atoms with van der Waals surface area (Å²) in [5, 5.41) is 2.75. The lowest BCUT2D eigenvalue weighted by molar-refractivity contribution is 0.0957. The number of rotatable bonds is 6. The lowest BCUT2D eigenvalue weighted by Gasteiger charge is -2.04. The van der Waals surface area contributed by atoms with Crippen molar-refractivity contribution in [2.24, 2.45) is 4.99 Å². The first-order valence-corrected chi connectivity index (χ1v) is 9.23. The Morgan fingerprint density at radius 2 is 1.92 bits per heavy atom. The molecule has 1 unspecified atom stereocenters. The summed E-state index contributed by atoms with van der Waals surface area (Å²) in [6.07, 6.45) is 4.99. The molecule has 0 aliphatic carbocycles. The maximum Gasteiger partial charge on any atom is 0.253 e.